The number of hydrogen-bond donors (Lipinski definition) is 1. The topological polar surface area (TPSA) is 103 Å². The maximum absolute atomic E-state index is 14.1. The Hall–Kier alpha value is -4.16. The largest absolute Gasteiger partial charge is 0.462 e. The van der Waals surface area contributed by atoms with E-state index in [0.29, 0.717) is 48.2 Å². The van der Waals surface area contributed by atoms with E-state index in [-0.39, 0.29) is 29.4 Å². The van der Waals surface area contributed by atoms with Crippen molar-refractivity contribution in [3.05, 3.63) is 104 Å². The van der Waals surface area contributed by atoms with Crippen molar-refractivity contribution in [3.63, 3.8) is 0 Å². The number of thioether (sulfide) groups is 1. The summed E-state index contributed by atoms with van der Waals surface area (Å²) in [6.07, 6.45) is 0. The van der Waals surface area contributed by atoms with Gasteiger partial charge in [0.1, 0.15) is 26.9 Å². The fourth-order valence-corrected chi connectivity index (χ4v) is 7.51. The molecule has 222 valence electrons. The molecule has 0 fully saturated rings. The highest BCUT2D eigenvalue weighted by Gasteiger charge is 2.25. The lowest BCUT2D eigenvalue weighted by Gasteiger charge is -2.13. The van der Waals surface area contributed by atoms with Crippen LogP contribution in [0.3, 0.4) is 0 Å². The molecule has 1 N–H and O–H groups in total. The summed E-state index contributed by atoms with van der Waals surface area (Å²) in [5, 5.41) is 8.34. The van der Waals surface area contributed by atoms with Gasteiger partial charge in [-0.2, -0.15) is 0 Å². The zero-order valence-corrected chi connectivity index (χ0v) is 26.7. The molecule has 0 saturated heterocycles. The van der Waals surface area contributed by atoms with Crippen molar-refractivity contribution in [1.82, 2.24) is 9.55 Å². The van der Waals surface area contributed by atoms with E-state index in [1.807, 2.05) is 54.8 Å². The number of nitrogens with zero attached hydrogens (tertiary/aromatic N) is 2. The van der Waals surface area contributed by atoms with Crippen molar-refractivity contribution in [3.8, 4) is 28.1 Å². The first-order valence-corrected chi connectivity index (χ1v) is 16.6. The van der Waals surface area contributed by atoms with Crippen molar-refractivity contribution in [2.45, 2.75) is 19.0 Å². The molecule has 2 aromatic carbocycles. The predicted molar refractivity (Wildman–Crippen MR) is 178 cm³/mol. The highest BCUT2D eigenvalue weighted by Crippen LogP contribution is 2.38. The number of aromatic nitrogens is 2. The molecule has 0 aliphatic rings. The van der Waals surface area contributed by atoms with E-state index >= 15 is 0 Å². The number of thiophene rings is 2. The van der Waals surface area contributed by atoms with Crippen LogP contribution in [0, 0.1) is 6.92 Å². The van der Waals surface area contributed by atoms with Gasteiger partial charge in [-0.05, 0) is 55.8 Å². The molecule has 12 heteroatoms. The molecule has 0 aliphatic carbocycles. The molecule has 6 aromatic rings. The van der Waals surface area contributed by atoms with Gasteiger partial charge in [0.05, 0.1) is 23.4 Å². The van der Waals surface area contributed by atoms with Gasteiger partial charge in [0.15, 0.2) is 5.16 Å². The first kappa shape index (κ1) is 29.9. The highest BCUT2D eigenvalue weighted by atomic mass is 35.5. The maximum atomic E-state index is 14.1. The highest BCUT2D eigenvalue weighted by molar-refractivity contribution is 7.99. The summed E-state index contributed by atoms with van der Waals surface area (Å²) in [4.78, 5) is 45.6. The number of ether oxygens (including phenoxy) is 1. The van der Waals surface area contributed by atoms with Gasteiger partial charge in [0.2, 0.25) is 5.91 Å². The van der Waals surface area contributed by atoms with E-state index in [9.17, 15) is 14.4 Å². The summed E-state index contributed by atoms with van der Waals surface area (Å²) < 4.78 is 12.5. The lowest BCUT2D eigenvalue weighted by atomic mass is 10.1. The smallest absolute Gasteiger partial charge is 0.341 e. The number of furan rings is 1. The molecular weight excluding hydrogens is 638 g/mol. The predicted octanol–water partition coefficient (Wildman–Crippen LogP) is 8.31. The summed E-state index contributed by atoms with van der Waals surface area (Å²) in [6, 6.07) is 20.1. The van der Waals surface area contributed by atoms with Crippen LogP contribution in [-0.4, -0.2) is 33.8 Å². The number of aryl methyl sites for hydroxylation is 1. The monoisotopic (exact) mass is 661 g/mol. The molecule has 44 heavy (non-hydrogen) atoms. The van der Waals surface area contributed by atoms with Gasteiger partial charge < -0.3 is 14.5 Å². The van der Waals surface area contributed by atoms with Crippen LogP contribution in [0.1, 0.15) is 23.0 Å². The van der Waals surface area contributed by atoms with Gasteiger partial charge in [-0.25, -0.2) is 9.78 Å². The third-order valence-corrected chi connectivity index (χ3v) is 9.57. The quantitative estimate of drug-likeness (QED) is 0.0944. The first-order chi connectivity index (χ1) is 21.3. The fraction of sp³-hybridized carbons (Fsp3) is 0.125. The zero-order chi connectivity index (χ0) is 30.8. The number of rotatable bonds is 9. The van der Waals surface area contributed by atoms with Gasteiger partial charge in [-0.15, -0.1) is 22.7 Å². The molecule has 0 saturated carbocycles. The summed E-state index contributed by atoms with van der Waals surface area (Å²) in [6.45, 7) is 3.72. The van der Waals surface area contributed by atoms with Crippen LogP contribution in [-0.2, 0) is 9.53 Å². The second-order valence-corrected chi connectivity index (χ2v) is 12.6. The number of fused-ring (bicyclic) bond motifs is 1. The second kappa shape index (κ2) is 12.8. The van der Waals surface area contributed by atoms with Crippen molar-refractivity contribution in [1.29, 1.82) is 0 Å². The molecule has 0 atom stereocenters. The fourth-order valence-electron chi connectivity index (χ4n) is 4.62. The van der Waals surface area contributed by atoms with Crippen LogP contribution in [0.2, 0.25) is 5.02 Å². The van der Waals surface area contributed by atoms with Crippen LogP contribution < -0.4 is 10.9 Å². The summed E-state index contributed by atoms with van der Waals surface area (Å²) >= 11 is 9.80. The Kier molecular flexibility index (Phi) is 8.72. The average Bonchev–Trinajstić information content (AvgIpc) is 3.75. The molecule has 1 amide bonds. The van der Waals surface area contributed by atoms with E-state index in [4.69, 9.17) is 25.7 Å². The molecule has 0 unspecified atom stereocenters. The molecule has 0 aliphatic heterocycles. The molecule has 0 bridgehead atoms. The Morgan fingerprint density at radius 2 is 1.77 bits per heavy atom. The Labute approximate surface area is 269 Å². The maximum Gasteiger partial charge on any atom is 0.341 e. The van der Waals surface area contributed by atoms with Crippen molar-refractivity contribution < 1.29 is 18.7 Å². The number of benzene rings is 2. The van der Waals surface area contributed by atoms with E-state index in [1.54, 1.807) is 36.6 Å². The molecule has 4 heterocycles. The third-order valence-electron chi connectivity index (χ3n) is 6.61. The molecule has 0 radical (unpaired) electrons. The van der Waals surface area contributed by atoms with E-state index < -0.39 is 5.97 Å². The normalized spacial score (nSPS) is 11.2. The number of carbonyl (C=O) groups is 2. The summed E-state index contributed by atoms with van der Waals surface area (Å²) in [5.41, 5.74) is 2.80. The Bertz CT molecular complexity index is 2050. The van der Waals surface area contributed by atoms with E-state index in [1.165, 1.54) is 27.2 Å². The van der Waals surface area contributed by atoms with Crippen LogP contribution in [0.25, 0.3) is 38.4 Å². The number of hydrogen-bond acceptors (Lipinski definition) is 9. The van der Waals surface area contributed by atoms with E-state index in [0.717, 1.165) is 22.9 Å². The van der Waals surface area contributed by atoms with Crippen LogP contribution in [0.5, 0.6) is 0 Å². The lowest BCUT2D eigenvalue weighted by molar-refractivity contribution is -0.113. The second-order valence-electron chi connectivity index (χ2n) is 9.53. The standard InChI is InChI=1S/C32H24ClN3O5S3/c1-3-40-31(39)27-23(24-14-9-18(2)41-24)16-43-29(27)34-25(37)17-44-32-35-28-26(30(38)36(32)21-7-5-4-6-8-21)22(15-42-28)19-10-12-20(33)13-11-19/h4-16H,3,17H2,1-2H3,(H,34,37). The zero-order valence-electron chi connectivity index (χ0n) is 23.5. The Morgan fingerprint density at radius 3 is 2.48 bits per heavy atom. The molecule has 0 spiro atoms. The molecular formula is C32H24ClN3O5S3. The van der Waals surface area contributed by atoms with Crippen molar-refractivity contribution >= 4 is 73.1 Å². The van der Waals surface area contributed by atoms with Gasteiger partial charge in [-0.1, -0.05) is 53.7 Å². The summed E-state index contributed by atoms with van der Waals surface area (Å²) in [7, 11) is 0. The SMILES string of the molecule is CCOC(=O)c1c(-c2ccc(C)o2)csc1NC(=O)CSc1nc2scc(-c3ccc(Cl)cc3)c2c(=O)n1-c1ccccc1. The minimum absolute atomic E-state index is 0.0600. The van der Waals surface area contributed by atoms with Crippen molar-refractivity contribution in [2.24, 2.45) is 0 Å². The van der Waals surface area contributed by atoms with Gasteiger partial charge in [0, 0.05) is 26.9 Å². The number of amides is 1. The number of esters is 1. The van der Waals surface area contributed by atoms with E-state index in [2.05, 4.69) is 5.32 Å². The minimum atomic E-state index is -0.556. The Balaban J connectivity index is 1.32. The van der Waals surface area contributed by atoms with Crippen molar-refractivity contribution in [2.75, 3.05) is 17.7 Å². The third kappa shape index (κ3) is 5.96. The number of anilines is 1. The average molecular weight is 662 g/mol. The number of nitrogens with one attached hydrogen (secondary N) is 1. The first-order valence-electron chi connectivity index (χ1n) is 13.5. The summed E-state index contributed by atoms with van der Waals surface area (Å²) in [5.74, 6) is 0.222. The molecule has 8 nitrogen and oxygen atoms in total. The number of halogens is 1. The van der Waals surface area contributed by atoms with Crippen LogP contribution >= 0.6 is 46.0 Å². The number of carbonyl (C=O) groups excluding carboxylic acids is 2. The van der Waals surface area contributed by atoms with Gasteiger partial charge in [-0.3, -0.25) is 14.2 Å². The Morgan fingerprint density at radius 1 is 1.02 bits per heavy atom. The molecule has 6 rings (SSSR count). The number of para-hydroxylation sites is 1. The van der Waals surface area contributed by atoms with Crippen LogP contribution in [0.4, 0.5) is 5.00 Å². The van der Waals surface area contributed by atoms with Crippen LogP contribution in [0.15, 0.2) is 91.9 Å². The van der Waals surface area contributed by atoms with Gasteiger partial charge in [0.25, 0.3) is 5.56 Å². The molecule has 4 aromatic heterocycles. The lowest BCUT2D eigenvalue weighted by Crippen LogP contribution is -2.23. The van der Waals surface area contributed by atoms with Gasteiger partial charge >= 0.3 is 5.97 Å². The minimum Gasteiger partial charge on any atom is -0.462 e.